The van der Waals surface area contributed by atoms with Gasteiger partial charge in [-0.3, -0.25) is 0 Å². The van der Waals surface area contributed by atoms with Crippen LogP contribution in [0.1, 0.15) is 79.1 Å². The Labute approximate surface area is 133 Å². The molecule has 0 radical (unpaired) electrons. The molecule has 3 atom stereocenters. The first kappa shape index (κ1) is 17.5. The maximum atomic E-state index is 6.67. The summed E-state index contributed by atoms with van der Waals surface area (Å²) in [6.07, 6.45) is 10.7. The topological polar surface area (TPSA) is 18.5 Å². The van der Waals surface area contributed by atoms with Crippen molar-refractivity contribution in [3.63, 3.8) is 0 Å². The molecule has 0 bridgehead atoms. The van der Waals surface area contributed by atoms with E-state index in [2.05, 4.69) is 27.7 Å². The van der Waals surface area contributed by atoms with Crippen LogP contribution in [0.3, 0.4) is 0 Å². The van der Waals surface area contributed by atoms with Crippen LogP contribution < -0.4 is 0 Å². The Morgan fingerprint density at radius 2 is 1.62 bits per heavy atom. The van der Waals surface area contributed by atoms with Crippen molar-refractivity contribution in [2.24, 2.45) is 11.8 Å². The Morgan fingerprint density at radius 3 is 2.14 bits per heavy atom. The molecule has 0 aliphatic heterocycles. The summed E-state index contributed by atoms with van der Waals surface area (Å²) in [6.45, 7) is 11.0. The molecule has 21 heavy (non-hydrogen) atoms. The minimum absolute atomic E-state index is 0.738. The number of rotatable bonds is 7. The van der Waals surface area contributed by atoms with E-state index in [-0.39, 0.29) is 0 Å². The molecular formula is C18H36O2Si. The van der Waals surface area contributed by atoms with Crippen LogP contribution in [0.4, 0.5) is 0 Å². The molecule has 0 amide bonds. The monoisotopic (exact) mass is 312 g/mol. The van der Waals surface area contributed by atoms with Gasteiger partial charge in [0.1, 0.15) is 0 Å². The molecule has 0 aromatic rings. The highest BCUT2D eigenvalue weighted by molar-refractivity contribution is 6.70. The van der Waals surface area contributed by atoms with Gasteiger partial charge in [0.2, 0.25) is 0 Å². The molecule has 2 nitrogen and oxygen atoms in total. The van der Waals surface area contributed by atoms with Crippen LogP contribution in [0.2, 0.25) is 11.1 Å². The molecule has 0 saturated heterocycles. The standard InChI is InChI=1S/C18H36O2Si/c1-5-14-20-21(19-6-2,18-9-7-8-16(18)4)17-12-10-15(3)11-13-17/h15-18H,5-14H2,1-4H3. The van der Waals surface area contributed by atoms with Crippen LogP contribution >= 0.6 is 0 Å². The van der Waals surface area contributed by atoms with Crippen LogP contribution in [0, 0.1) is 11.8 Å². The molecule has 3 heteroatoms. The van der Waals surface area contributed by atoms with Gasteiger partial charge in [-0.25, -0.2) is 0 Å². The van der Waals surface area contributed by atoms with Crippen LogP contribution in [0.5, 0.6) is 0 Å². The van der Waals surface area contributed by atoms with Gasteiger partial charge in [-0.15, -0.1) is 0 Å². The van der Waals surface area contributed by atoms with Gasteiger partial charge in [0, 0.05) is 24.3 Å². The molecule has 2 aliphatic carbocycles. The maximum absolute atomic E-state index is 6.67. The third-order valence-corrected chi connectivity index (χ3v) is 10.9. The van der Waals surface area contributed by atoms with Crippen molar-refractivity contribution in [1.82, 2.24) is 0 Å². The summed E-state index contributed by atoms with van der Waals surface area (Å²) >= 11 is 0. The number of hydrogen-bond donors (Lipinski definition) is 0. The molecule has 0 heterocycles. The van der Waals surface area contributed by atoms with E-state index in [0.29, 0.717) is 0 Å². The molecular weight excluding hydrogens is 276 g/mol. The fourth-order valence-electron chi connectivity index (χ4n) is 4.69. The van der Waals surface area contributed by atoms with Gasteiger partial charge in [0.15, 0.2) is 0 Å². The van der Waals surface area contributed by atoms with E-state index in [9.17, 15) is 0 Å². The largest absolute Gasteiger partial charge is 0.394 e. The smallest absolute Gasteiger partial charge is 0.344 e. The van der Waals surface area contributed by atoms with Crippen LogP contribution in [0.25, 0.3) is 0 Å². The molecule has 2 aliphatic rings. The van der Waals surface area contributed by atoms with Gasteiger partial charge in [-0.05, 0) is 44.4 Å². The zero-order valence-corrected chi connectivity index (χ0v) is 15.7. The third-order valence-electron chi connectivity index (χ3n) is 5.86. The van der Waals surface area contributed by atoms with E-state index in [0.717, 1.165) is 42.6 Å². The van der Waals surface area contributed by atoms with Crippen LogP contribution in [0.15, 0.2) is 0 Å². The predicted molar refractivity (Wildman–Crippen MR) is 91.8 cm³/mol. The zero-order valence-electron chi connectivity index (χ0n) is 14.7. The molecule has 2 saturated carbocycles. The lowest BCUT2D eigenvalue weighted by Crippen LogP contribution is -2.53. The second-order valence-electron chi connectivity index (χ2n) is 7.47. The van der Waals surface area contributed by atoms with Crippen molar-refractivity contribution < 1.29 is 8.85 Å². The summed E-state index contributed by atoms with van der Waals surface area (Å²) in [4.78, 5) is 0. The summed E-state index contributed by atoms with van der Waals surface area (Å²) in [6, 6.07) is 0. The van der Waals surface area contributed by atoms with E-state index in [4.69, 9.17) is 8.85 Å². The summed E-state index contributed by atoms with van der Waals surface area (Å²) in [5.74, 6) is 1.71. The fraction of sp³-hybridized carbons (Fsp3) is 1.00. The first-order chi connectivity index (χ1) is 10.1. The number of hydrogen-bond acceptors (Lipinski definition) is 2. The lowest BCUT2D eigenvalue weighted by molar-refractivity contribution is 0.138. The molecule has 0 aromatic heterocycles. The molecule has 3 unspecified atom stereocenters. The van der Waals surface area contributed by atoms with Crippen molar-refractivity contribution >= 4 is 8.56 Å². The Bertz CT molecular complexity index is 302. The van der Waals surface area contributed by atoms with Crippen LogP contribution in [-0.4, -0.2) is 21.8 Å². The molecule has 0 aromatic carbocycles. The van der Waals surface area contributed by atoms with Crippen molar-refractivity contribution in [2.45, 2.75) is 90.1 Å². The van der Waals surface area contributed by atoms with Gasteiger partial charge in [-0.2, -0.15) is 0 Å². The quantitative estimate of drug-likeness (QED) is 0.564. The lowest BCUT2D eigenvalue weighted by atomic mass is 9.90. The Kier molecular flexibility index (Phi) is 6.76. The molecule has 2 rings (SSSR count). The lowest BCUT2D eigenvalue weighted by Gasteiger charge is -2.45. The molecule has 2 fully saturated rings. The van der Waals surface area contributed by atoms with Crippen molar-refractivity contribution in [3.8, 4) is 0 Å². The SMILES string of the molecule is CCCO[Si](OCC)(C1CCC(C)CC1)C1CCCC1C. The Morgan fingerprint density at radius 1 is 0.905 bits per heavy atom. The average Bonchev–Trinajstić information content (AvgIpc) is 2.91. The highest BCUT2D eigenvalue weighted by Crippen LogP contribution is 2.53. The second-order valence-corrected chi connectivity index (χ2v) is 11.1. The Hall–Kier alpha value is 0.137. The normalized spacial score (nSPS) is 36.6. The van der Waals surface area contributed by atoms with Gasteiger partial charge in [-0.1, -0.05) is 46.5 Å². The van der Waals surface area contributed by atoms with E-state index in [1.165, 1.54) is 44.9 Å². The van der Waals surface area contributed by atoms with Crippen LogP contribution in [-0.2, 0) is 8.85 Å². The predicted octanol–water partition coefficient (Wildman–Crippen LogP) is 5.66. The van der Waals surface area contributed by atoms with E-state index < -0.39 is 8.56 Å². The van der Waals surface area contributed by atoms with Crippen molar-refractivity contribution in [3.05, 3.63) is 0 Å². The highest BCUT2D eigenvalue weighted by atomic mass is 28.4. The molecule has 0 spiro atoms. The fourth-order valence-corrected chi connectivity index (χ4v) is 9.95. The van der Waals surface area contributed by atoms with Crippen molar-refractivity contribution in [1.29, 1.82) is 0 Å². The first-order valence-corrected chi connectivity index (χ1v) is 11.4. The van der Waals surface area contributed by atoms with Gasteiger partial charge >= 0.3 is 8.56 Å². The minimum atomic E-state index is -2.08. The van der Waals surface area contributed by atoms with Gasteiger partial charge < -0.3 is 8.85 Å². The summed E-state index contributed by atoms with van der Waals surface area (Å²) < 4.78 is 13.2. The van der Waals surface area contributed by atoms with E-state index in [1.807, 2.05) is 0 Å². The van der Waals surface area contributed by atoms with E-state index >= 15 is 0 Å². The third kappa shape index (κ3) is 3.91. The molecule has 0 N–H and O–H groups in total. The average molecular weight is 313 g/mol. The summed E-state index contributed by atoms with van der Waals surface area (Å²) in [7, 11) is -2.08. The Balaban J connectivity index is 2.21. The highest BCUT2D eigenvalue weighted by Gasteiger charge is 2.55. The maximum Gasteiger partial charge on any atom is 0.344 e. The van der Waals surface area contributed by atoms with Crippen molar-refractivity contribution in [2.75, 3.05) is 13.2 Å². The first-order valence-electron chi connectivity index (χ1n) is 9.41. The van der Waals surface area contributed by atoms with Gasteiger partial charge in [0.05, 0.1) is 0 Å². The second kappa shape index (κ2) is 8.12. The van der Waals surface area contributed by atoms with E-state index in [1.54, 1.807) is 0 Å². The van der Waals surface area contributed by atoms with Gasteiger partial charge in [0.25, 0.3) is 0 Å². The minimum Gasteiger partial charge on any atom is -0.394 e. The summed E-state index contributed by atoms with van der Waals surface area (Å²) in [5, 5.41) is 0. The zero-order chi connectivity index (χ0) is 15.3. The molecule has 124 valence electrons. The summed E-state index contributed by atoms with van der Waals surface area (Å²) in [5.41, 5.74) is 1.48.